The Kier molecular flexibility index (Phi) is 10.6. The molecule has 59 heavy (non-hydrogen) atoms. The van der Waals surface area contributed by atoms with Crippen LogP contribution < -0.4 is 9.80 Å². The van der Waals surface area contributed by atoms with Crippen LogP contribution in [0.4, 0.5) is 34.1 Å². The fourth-order valence-corrected chi connectivity index (χ4v) is 8.40. The Bertz CT molecular complexity index is 2780. The summed E-state index contributed by atoms with van der Waals surface area (Å²) in [6, 6.07) is 54.5. The molecule has 3 nitrogen and oxygen atoms in total. The predicted octanol–water partition coefficient (Wildman–Crippen LogP) is 17.5. The van der Waals surface area contributed by atoms with E-state index in [4.69, 9.17) is 16.0 Å². The predicted molar refractivity (Wildman–Crippen MR) is 257 cm³/mol. The van der Waals surface area contributed by atoms with Gasteiger partial charge in [-0.2, -0.15) is 0 Å². The third-order valence-electron chi connectivity index (χ3n) is 11.3. The summed E-state index contributed by atoms with van der Waals surface area (Å²) in [5.41, 5.74) is 13.7. The number of halogens is 2. The molecule has 0 bridgehead atoms. The van der Waals surface area contributed by atoms with Gasteiger partial charge in [-0.1, -0.05) is 141 Å². The smallest absolute Gasteiger partial charge is 0.137 e. The van der Waals surface area contributed by atoms with Crippen molar-refractivity contribution in [2.75, 3.05) is 9.80 Å². The molecule has 0 N–H and O–H groups in total. The highest BCUT2D eigenvalue weighted by Crippen LogP contribution is 2.47. The van der Waals surface area contributed by atoms with Crippen LogP contribution in [0.2, 0.25) is 5.02 Å². The van der Waals surface area contributed by atoms with Gasteiger partial charge in [-0.15, -0.1) is 0 Å². The first-order valence-corrected chi connectivity index (χ1v) is 21.6. The Morgan fingerprint density at radius 2 is 0.966 bits per heavy atom. The van der Waals surface area contributed by atoms with Crippen molar-refractivity contribution in [3.05, 3.63) is 178 Å². The van der Waals surface area contributed by atoms with Crippen molar-refractivity contribution in [3.8, 4) is 11.1 Å². The summed E-state index contributed by atoms with van der Waals surface area (Å²) in [4.78, 5) is 4.61. The topological polar surface area (TPSA) is 19.6 Å². The SMILES string of the molecule is CC(C)(C)c1ccc(N(c2cccc(N(c3ccc(C(C)(C)C)cc3)c3cc(C(C)(C)C)cc(Br)c3Cl)c2)c2ccc3c(c2)oc2ccc(-c4ccccc4)cc23)cc1. The van der Waals surface area contributed by atoms with Gasteiger partial charge in [0.05, 0.1) is 10.7 Å². The molecule has 0 radical (unpaired) electrons. The molecule has 0 amide bonds. The van der Waals surface area contributed by atoms with Gasteiger partial charge in [-0.05, 0) is 139 Å². The summed E-state index contributed by atoms with van der Waals surface area (Å²) >= 11 is 11.1. The lowest BCUT2D eigenvalue weighted by atomic mass is 9.86. The molecule has 0 fully saturated rings. The molecule has 0 spiro atoms. The van der Waals surface area contributed by atoms with E-state index in [-0.39, 0.29) is 16.2 Å². The molecule has 1 aromatic heterocycles. The highest BCUT2D eigenvalue weighted by Gasteiger charge is 2.25. The average molecular weight is 860 g/mol. The zero-order valence-corrected chi connectivity index (χ0v) is 37.8. The van der Waals surface area contributed by atoms with Crippen molar-refractivity contribution in [2.24, 2.45) is 0 Å². The van der Waals surface area contributed by atoms with E-state index in [1.54, 1.807) is 0 Å². The maximum Gasteiger partial charge on any atom is 0.137 e. The normalized spacial score (nSPS) is 12.3. The number of anilines is 6. The largest absolute Gasteiger partial charge is 0.456 e. The molecule has 8 rings (SSSR count). The molecule has 0 aliphatic rings. The Hall–Kier alpha value is -5.29. The van der Waals surface area contributed by atoms with Crippen LogP contribution in [-0.4, -0.2) is 0 Å². The second kappa shape index (κ2) is 15.4. The quantitative estimate of drug-likeness (QED) is 0.159. The summed E-state index contributed by atoms with van der Waals surface area (Å²) in [7, 11) is 0. The Labute approximate surface area is 363 Å². The number of furan rings is 1. The van der Waals surface area contributed by atoms with E-state index in [9.17, 15) is 0 Å². The van der Waals surface area contributed by atoms with Gasteiger partial charge >= 0.3 is 0 Å². The van der Waals surface area contributed by atoms with E-state index in [2.05, 4.69) is 240 Å². The van der Waals surface area contributed by atoms with Crippen LogP contribution in [0.25, 0.3) is 33.1 Å². The lowest BCUT2D eigenvalue weighted by Crippen LogP contribution is -2.17. The molecular formula is C54H52BrClN2O. The zero-order valence-electron chi connectivity index (χ0n) is 35.5. The van der Waals surface area contributed by atoms with Crippen LogP contribution in [0.5, 0.6) is 0 Å². The number of hydrogen-bond donors (Lipinski definition) is 0. The molecule has 0 saturated heterocycles. The molecule has 0 unspecified atom stereocenters. The number of rotatable bonds is 7. The van der Waals surface area contributed by atoms with Crippen molar-refractivity contribution in [1.82, 2.24) is 0 Å². The maximum absolute atomic E-state index is 7.28. The molecule has 0 saturated carbocycles. The average Bonchev–Trinajstić information content (AvgIpc) is 3.57. The fourth-order valence-electron chi connectivity index (χ4n) is 7.75. The fraction of sp³-hybridized carbons (Fsp3) is 0.222. The van der Waals surface area contributed by atoms with Gasteiger partial charge in [-0.25, -0.2) is 0 Å². The Morgan fingerprint density at radius 1 is 0.424 bits per heavy atom. The summed E-state index contributed by atoms with van der Waals surface area (Å²) in [5, 5.41) is 2.84. The van der Waals surface area contributed by atoms with Crippen LogP contribution in [-0.2, 0) is 16.2 Å². The third kappa shape index (κ3) is 8.18. The second-order valence-corrected chi connectivity index (χ2v) is 19.9. The lowest BCUT2D eigenvalue weighted by molar-refractivity contribution is 0.589. The Morgan fingerprint density at radius 3 is 1.56 bits per heavy atom. The molecular weight excluding hydrogens is 808 g/mol. The third-order valence-corrected chi connectivity index (χ3v) is 12.5. The number of fused-ring (bicyclic) bond motifs is 3. The van der Waals surface area contributed by atoms with Gasteiger partial charge in [0.2, 0.25) is 0 Å². The molecule has 7 aromatic carbocycles. The van der Waals surface area contributed by atoms with Crippen LogP contribution in [0.15, 0.2) is 161 Å². The van der Waals surface area contributed by atoms with Crippen LogP contribution >= 0.6 is 27.5 Å². The Balaban J connectivity index is 1.31. The summed E-state index contributed by atoms with van der Waals surface area (Å²) < 4.78 is 7.46. The highest BCUT2D eigenvalue weighted by atomic mass is 79.9. The first kappa shape index (κ1) is 40.5. The summed E-state index contributed by atoms with van der Waals surface area (Å²) in [6.07, 6.45) is 0. The van der Waals surface area contributed by atoms with Crippen molar-refractivity contribution in [2.45, 2.75) is 78.6 Å². The van der Waals surface area contributed by atoms with Gasteiger partial charge in [0.1, 0.15) is 11.2 Å². The summed E-state index contributed by atoms with van der Waals surface area (Å²) in [5.74, 6) is 0. The van der Waals surface area contributed by atoms with Crippen LogP contribution in [0.1, 0.15) is 79.0 Å². The summed E-state index contributed by atoms with van der Waals surface area (Å²) in [6.45, 7) is 20.2. The first-order valence-electron chi connectivity index (χ1n) is 20.4. The molecule has 298 valence electrons. The van der Waals surface area contributed by atoms with Crippen molar-refractivity contribution < 1.29 is 4.42 Å². The molecule has 0 atom stereocenters. The van der Waals surface area contributed by atoms with Gasteiger partial charge in [0.25, 0.3) is 0 Å². The van der Waals surface area contributed by atoms with E-state index in [0.29, 0.717) is 5.02 Å². The lowest BCUT2D eigenvalue weighted by Gasteiger charge is -2.32. The highest BCUT2D eigenvalue weighted by molar-refractivity contribution is 9.10. The molecule has 5 heteroatoms. The van der Waals surface area contributed by atoms with E-state index >= 15 is 0 Å². The standard InChI is InChI=1S/C54H52BrClN2O/c1-52(2,3)37-19-23-40(24-20-37)57(44-27-28-45-46-30-36(35-14-11-10-12-15-35)18-29-49(46)59-50(45)34-44)42-16-13-17-43(33-42)58(41-25-21-38(22-26-41)53(4,5)6)48-32-39(54(7,8)9)31-47(55)51(48)56/h10-34H,1-9H3. The first-order chi connectivity index (χ1) is 28.0. The minimum absolute atomic E-state index is 0.0181. The minimum atomic E-state index is -0.0973. The zero-order chi connectivity index (χ0) is 41.9. The van der Waals surface area contributed by atoms with Crippen LogP contribution in [0.3, 0.4) is 0 Å². The molecule has 8 aromatic rings. The van der Waals surface area contributed by atoms with E-state index in [1.165, 1.54) is 27.8 Å². The van der Waals surface area contributed by atoms with Crippen molar-refractivity contribution >= 4 is 83.6 Å². The van der Waals surface area contributed by atoms with Crippen LogP contribution in [0, 0.1) is 0 Å². The monoisotopic (exact) mass is 858 g/mol. The van der Waals surface area contributed by atoms with Gasteiger partial charge in [0, 0.05) is 49.7 Å². The molecule has 0 aliphatic carbocycles. The molecule has 0 aliphatic heterocycles. The van der Waals surface area contributed by atoms with Gasteiger partial charge < -0.3 is 14.2 Å². The van der Waals surface area contributed by atoms with Gasteiger partial charge in [0.15, 0.2) is 0 Å². The van der Waals surface area contributed by atoms with Crippen molar-refractivity contribution in [3.63, 3.8) is 0 Å². The minimum Gasteiger partial charge on any atom is -0.456 e. The van der Waals surface area contributed by atoms with Crippen molar-refractivity contribution in [1.29, 1.82) is 0 Å². The molecule has 1 heterocycles. The number of nitrogens with zero attached hydrogens (tertiary/aromatic N) is 2. The van der Waals surface area contributed by atoms with E-state index < -0.39 is 0 Å². The number of hydrogen-bond acceptors (Lipinski definition) is 3. The van der Waals surface area contributed by atoms with E-state index in [0.717, 1.165) is 60.5 Å². The maximum atomic E-state index is 7.28. The second-order valence-electron chi connectivity index (χ2n) is 18.7. The van der Waals surface area contributed by atoms with E-state index in [1.807, 2.05) is 0 Å². The number of benzene rings is 7. The van der Waals surface area contributed by atoms with Gasteiger partial charge in [-0.3, -0.25) is 0 Å².